The number of carbonyl (C=O) groups is 2. The maximum atomic E-state index is 13.5. The van der Waals surface area contributed by atoms with Gasteiger partial charge in [-0.05, 0) is 59.9 Å². The first-order valence-electron chi connectivity index (χ1n) is 11.7. The normalized spacial score (nSPS) is 11.1. The number of aromatic amines is 1. The van der Waals surface area contributed by atoms with Gasteiger partial charge in [-0.3, -0.25) is 9.59 Å². The summed E-state index contributed by atoms with van der Waals surface area (Å²) in [5.41, 5.74) is 2.65. The maximum absolute atomic E-state index is 13.5. The SMILES string of the molecule is COc1ccc2[nH]c(C(=O)N(CCCCCC(=O)O)CCc3cccc4ccccc34)cc2c1. The van der Waals surface area contributed by atoms with Crippen molar-refractivity contribution in [2.75, 3.05) is 20.2 Å². The van der Waals surface area contributed by atoms with Gasteiger partial charge in [0.2, 0.25) is 0 Å². The largest absolute Gasteiger partial charge is 0.497 e. The number of hydrogen-bond acceptors (Lipinski definition) is 3. The molecular formula is C28H30N2O4. The number of benzene rings is 3. The minimum Gasteiger partial charge on any atom is -0.497 e. The summed E-state index contributed by atoms with van der Waals surface area (Å²) in [4.78, 5) is 29.4. The highest BCUT2D eigenvalue weighted by Gasteiger charge is 2.18. The molecule has 1 heterocycles. The molecule has 1 aromatic heterocycles. The number of unbranched alkanes of at least 4 members (excludes halogenated alkanes) is 2. The molecule has 0 radical (unpaired) electrons. The molecule has 1 amide bonds. The van der Waals surface area contributed by atoms with Gasteiger partial charge in [0.25, 0.3) is 5.91 Å². The van der Waals surface area contributed by atoms with Crippen molar-refractivity contribution in [3.8, 4) is 5.75 Å². The summed E-state index contributed by atoms with van der Waals surface area (Å²) in [5, 5.41) is 12.2. The van der Waals surface area contributed by atoms with Crippen LogP contribution in [-0.4, -0.2) is 47.1 Å². The number of rotatable bonds is 11. The van der Waals surface area contributed by atoms with E-state index < -0.39 is 5.97 Å². The number of carbonyl (C=O) groups excluding carboxylic acids is 1. The van der Waals surface area contributed by atoms with Crippen LogP contribution < -0.4 is 4.74 Å². The summed E-state index contributed by atoms with van der Waals surface area (Å²) in [5.74, 6) is -0.0808. The van der Waals surface area contributed by atoms with Crippen molar-refractivity contribution in [3.05, 3.63) is 78.0 Å². The Balaban J connectivity index is 1.51. The van der Waals surface area contributed by atoms with Crippen molar-refractivity contribution in [3.63, 3.8) is 0 Å². The van der Waals surface area contributed by atoms with Crippen molar-refractivity contribution in [2.24, 2.45) is 0 Å². The number of H-pyrrole nitrogens is 1. The molecule has 4 aromatic rings. The van der Waals surface area contributed by atoms with Crippen molar-refractivity contribution in [1.29, 1.82) is 0 Å². The fourth-order valence-electron chi connectivity index (χ4n) is 4.36. The molecule has 3 aromatic carbocycles. The van der Waals surface area contributed by atoms with Crippen molar-refractivity contribution >= 4 is 33.6 Å². The highest BCUT2D eigenvalue weighted by atomic mass is 16.5. The molecule has 0 aliphatic carbocycles. The molecule has 6 heteroatoms. The predicted octanol–water partition coefficient (Wildman–Crippen LogP) is 5.66. The van der Waals surface area contributed by atoms with Crippen LogP contribution in [0, 0.1) is 0 Å². The lowest BCUT2D eigenvalue weighted by molar-refractivity contribution is -0.137. The number of carboxylic acid groups (broad SMARTS) is 1. The number of methoxy groups -OCH3 is 1. The molecule has 0 fully saturated rings. The summed E-state index contributed by atoms with van der Waals surface area (Å²) in [7, 11) is 1.62. The quantitative estimate of drug-likeness (QED) is 0.284. The molecule has 0 aliphatic rings. The molecule has 0 bridgehead atoms. The number of ether oxygens (including phenoxy) is 1. The van der Waals surface area contributed by atoms with Crippen LogP contribution in [0.3, 0.4) is 0 Å². The van der Waals surface area contributed by atoms with Gasteiger partial charge in [0.15, 0.2) is 0 Å². The third kappa shape index (κ3) is 5.57. The molecule has 34 heavy (non-hydrogen) atoms. The fraction of sp³-hybridized carbons (Fsp3) is 0.286. The Bertz CT molecular complexity index is 1290. The molecule has 0 saturated carbocycles. The Hall–Kier alpha value is -3.80. The van der Waals surface area contributed by atoms with E-state index in [1.165, 1.54) is 16.3 Å². The van der Waals surface area contributed by atoms with Crippen LogP contribution in [0.25, 0.3) is 21.7 Å². The second-order valence-corrected chi connectivity index (χ2v) is 8.52. The number of fused-ring (bicyclic) bond motifs is 2. The van der Waals surface area contributed by atoms with E-state index in [2.05, 4.69) is 35.3 Å². The third-order valence-corrected chi connectivity index (χ3v) is 6.20. The number of carboxylic acids is 1. The van der Waals surface area contributed by atoms with Gasteiger partial charge in [-0.25, -0.2) is 0 Å². The Morgan fingerprint density at radius 1 is 0.912 bits per heavy atom. The average Bonchev–Trinajstić information content (AvgIpc) is 3.28. The highest BCUT2D eigenvalue weighted by Crippen LogP contribution is 2.23. The lowest BCUT2D eigenvalue weighted by Gasteiger charge is -2.23. The first kappa shape index (κ1) is 23.4. The van der Waals surface area contributed by atoms with E-state index in [-0.39, 0.29) is 12.3 Å². The van der Waals surface area contributed by atoms with Crippen molar-refractivity contribution in [2.45, 2.75) is 32.1 Å². The van der Waals surface area contributed by atoms with E-state index in [0.29, 0.717) is 25.2 Å². The second-order valence-electron chi connectivity index (χ2n) is 8.52. The molecule has 2 N–H and O–H groups in total. The van der Waals surface area contributed by atoms with Gasteiger partial charge >= 0.3 is 5.97 Å². The number of hydrogen-bond donors (Lipinski definition) is 2. The maximum Gasteiger partial charge on any atom is 0.303 e. The number of aromatic nitrogens is 1. The molecule has 176 valence electrons. The first-order chi connectivity index (χ1) is 16.5. The summed E-state index contributed by atoms with van der Waals surface area (Å²) in [6.07, 6.45) is 3.06. The minimum absolute atomic E-state index is 0.0476. The second kappa shape index (κ2) is 10.9. The summed E-state index contributed by atoms with van der Waals surface area (Å²) >= 11 is 0. The lowest BCUT2D eigenvalue weighted by Crippen LogP contribution is -2.34. The Morgan fingerprint density at radius 3 is 2.56 bits per heavy atom. The van der Waals surface area contributed by atoms with E-state index in [4.69, 9.17) is 9.84 Å². The van der Waals surface area contributed by atoms with Crippen LogP contribution in [-0.2, 0) is 11.2 Å². The summed E-state index contributed by atoms with van der Waals surface area (Å²) in [6.45, 7) is 1.17. The van der Waals surface area contributed by atoms with E-state index >= 15 is 0 Å². The molecule has 4 rings (SSSR count). The van der Waals surface area contributed by atoms with Crippen LogP contribution in [0.5, 0.6) is 5.75 Å². The van der Waals surface area contributed by atoms with Gasteiger partial charge < -0.3 is 19.7 Å². The molecule has 0 aliphatic heterocycles. The van der Waals surface area contributed by atoms with Crippen molar-refractivity contribution in [1.82, 2.24) is 9.88 Å². The Kier molecular flexibility index (Phi) is 7.48. The zero-order valence-corrected chi connectivity index (χ0v) is 19.4. The van der Waals surface area contributed by atoms with Gasteiger partial charge in [-0.15, -0.1) is 0 Å². The van der Waals surface area contributed by atoms with Gasteiger partial charge in [-0.2, -0.15) is 0 Å². The van der Waals surface area contributed by atoms with Crippen LogP contribution in [0.1, 0.15) is 41.7 Å². The molecule has 6 nitrogen and oxygen atoms in total. The highest BCUT2D eigenvalue weighted by molar-refractivity contribution is 5.98. The van der Waals surface area contributed by atoms with Gasteiger partial charge in [0, 0.05) is 30.4 Å². The Labute approximate surface area is 199 Å². The Morgan fingerprint density at radius 2 is 1.74 bits per heavy atom. The topological polar surface area (TPSA) is 82.6 Å². The predicted molar refractivity (Wildman–Crippen MR) is 135 cm³/mol. The summed E-state index contributed by atoms with van der Waals surface area (Å²) < 4.78 is 5.30. The van der Waals surface area contributed by atoms with E-state index in [1.54, 1.807) is 7.11 Å². The number of aliphatic carboxylic acids is 1. The van der Waals surface area contributed by atoms with Gasteiger partial charge in [-0.1, -0.05) is 48.9 Å². The van der Waals surface area contributed by atoms with Gasteiger partial charge in [0.05, 0.1) is 7.11 Å². The standard InChI is InChI=1S/C28H30N2O4/c1-34-23-13-14-25-22(18-23)19-26(29-25)28(33)30(16-6-2-3-12-27(31)32)17-15-21-10-7-9-20-8-4-5-11-24(20)21/h4-5,7-11,13-14,18-19,29H,2-3,6,12,15-17H2,1H3,(H,31,32). The molecule has 0 unspecified atom stereocenters. The van der Waals surface area contributed by atoms with Crippen LogP contribution in [0.2, 0.25) is 0 Å². The molecule has 0 spiro atoms. The third-order valence-electron chi connectivity index (χ3n) is 6.20. The van der Waals surface area contributed by atoms with Crippen LogP contribution in [0.4, 0.5) is 0 Å². The molecular weight excluding hydrogens is 428 g/mol. The van der Waals surface area contributed by atoms with Crippen molar-refractivity contribution < 1.29 is 19.4 Å². The monoisotopic (exact) mass is 458 g/mol. The average molecular weight is 459 g/mol. The summed E-state index contributed by atoms with van der Waals surface area (Å²) in [6, 6.07) is 22.1. The number of nitrogens with zero attached hydrogens (tertiary/aromatic N) is 1. The fourth-order valence-corrected chi connectivity index (χ4v) is 4.36. The van der Waals surface area contributed by atoms with E-state index in [1.807, 2.05) is 41.3 Å². The van der Waals surface area contributed by atoms with E-state index in [0.717, 1.165) is 35.9 Å². The number of amides is 1. The smallest absolute Gasteiger partial charge is 0.303 e. The molecule has 0 saturated heterocycles. The molecule has 0 atom stereocenters. The zero-order valence-electron chi connectivity index (χ0n) is 19.4. The lowest BCUT2D eigenvalue weighted by atomic mass is 10.0. The van der Waals surface area contributed by atoms with Gasteiger partial charge in [0.1, 0.15) is 11.4 Å². The van der Waals surface area contributed by atoms with E-state index in [9.17, 15) is 9.59 Å². The first-order valence-corrected chi connectivity index (χ1v) is 11.7. The number of nitrogens with one attached hydrogen (secondary N) is 1. The van der Waals surface area contributed by atoms with Crippen LogP contribution in [0.15, 0.2) is 66.7 Å². The zero-order chi connectivity index (χ0) is 23.9. The van der Waals surface area contributed by atoms with Crippen LogP contribution >= 0.6 is 0 Å². The minimum atomic E-state index is -0.780.